The van der Waals surface area contributed by atoms with Gasteiger partial charge in [0.1, 0.15) is 23.7 Å². The van der Waals surface area contributed by atoms with Crippen LogP contribution in [0.5, 0.6) is 5.75 Å². The smallest absolute Gasteiger partial charge is 0.274 e. The molecule has 8 nitrogen and oxygen atoms in total. The number of anilines is 1. The summed E-state index contributed by atoms with van der Waals surface area (Å²) < 4.78 is 10.6. The summed E-state index contributed by atoms with van der Waals surface area (Å²) in [5.41, 5.74) is 1.96. The number of nitrogens with zero attached hydrogens (tertiary/aromatic N) is 3. The summed E-state index contributed by atoms with van der Waals surface area (Å²) in [6.07, 6.45) is 2.93. The highest BCUT2D eigenvalue weighted by Gasteiger charge is 2.22. The van der Waals surface area contributed by atoms with E-state index in [9.17, 15) is 9.59 Å². The number of furan rings is 1. The topological polar surface area (TPSA) is 97.6 Å². The van der Waals surface area contributed by atoms with Crippen molar-refractivity contribution in [2.45, 2.75) is 6.54 Å². The van der Waals surface area contributed by atoms with Crippen LogP contribution in [0, 0.1) is 0 Å². The first-order valence-electron chi connectivity index (χ1n) is 9.60. The first-order valence-corrected chi connectivity index (χ1v) is 9.60. The molecule has 8 heteroatoms. The molecule has 0 atom stereocenters. The monoisotopic (exact) mass is 416 g/mol. The fourth-order valence-corrected chi connectivity index (χ4v) is 3.12. The van der Waals surface area contributed by atoms with E-state index in [1.54, 1.807) is 42.5 Å². The largest absolute Gasteiger partial charge is 0.495 e. The molecule has 2 aromatic heterocycles. The van der Waals surface area contributed by atoms with E-state index in [4.69, 9.17) is 9.15 Å². The van der Waals surface area contributed by atoms with Gasteiger partial charge >= 0.3 is 0 Å². The number of carbonyl (C=O) groups is 2. The number of rotatable bonds is 7. The highest BCUT2D eigenvalue weighted by atomic mass is 16.5. The van der Waals surface area contributed by atoms with E-state index in [1.165, 1.54) is 24.5 Å². The van der Waals surface area contributed by atoms with E-state index in [0.29, 0.717) is 28.2 Å². The van der Waals surface area contributed by atoms with Crippen molar-refractivity contribution in [2.24, 2.45) is 0 Å². The summed E-state index contributed by atoms with van der Waals surface area (Å²) in [5, 5.41) is 2.78. The van der Waals surface area contributed by atoms with Crippen molar-refractivity contribution in [2.75, 3.05) is 19.0 Å². The Kier molecular flexibility index (Phi) is 5.89. The summed E-state index contributed by atoms with van der Waals surface area (Å²) in [6.45, 7) is -0.0915. The van der Waals surface area contributed by atoms with Crippen LogP contribution in [0.25, 0.3) is 11.0 Å². The molecule has 156 valence electrons. The summed E-state index contributed by atoms with van der Waals surface area (Å²) in [7, 11) is 1.52. The standard InChI is InChI=1S/C23H20N4O4/c1-30-21-11-5-4-10-19(21)26-22(28)15-27(14-16-7-6-12-31-16)23(29)20-13-24-17-8-2-3-9-18(17)25-20/h2-13H,14-15H2,1H3,(H,26,28). The van der Waals surface area contributed by atoms with Crippen LogP contribution in [-0.2, 0) is 11.3 Å². The number of methoxy groups -OCH3 is 1. The van der Waals surface area contributed by atoms with Gasteiger partial charge in [-0.3, -0.25) is 14.6 Å². The van der Waals surface area contributed by atoms with Crippen LogP contribution >= 0.6 is 0 Å². The Balaban J connectivity index is 1.57. The van der Waals surface area contributed by atoms with E-state index in [2.05, 4.69) is 15.3 Å². The fourth-order valence-electron chi connectivity index (χ4n) is 3.12. The minimum absolute atomic E-state index is 0.111. The molecule has 0 unspecified atom stereocenters. The molecule has 1 N–H and O–H groups in total. The van der Waals surface area contributed by atoms with E-state index in [1.807, 2.05) is 18.2 Å². The van der Waals surface area contributed by atoms with Crippen LogP contribution in [0.1, 0.15) is 16.2 Å². The molecule has 0 bridgehead atoms. The number of benzene rings is 2. The van der Waals surface area contributed by atoms with E-state index in [0.717, 1.165) is 0 Å². The average Bonchev–Trinajstić information content (AvgIpc) is 3.31. The van der Waals surface area contributed by atoms with Crippen LogP contribution in [0.2, 0.25) is 0 Å². The summed E-state index contributed by atoms with van der Waals surface area (Å²) >= 11 is 0. The number of para-hydroxylation sites is 4. The van der Waals surface area contributed by atoms with Crippen molar-refractivity contribution in [1.82, 2.24) is 14.9 Å². The maximum atomic E-state index is 13.2. The molecule has 0 saturated carbocycles. The lowest BCUT2D eigenvalue weighted by atomic mass is 10.2. The molecule has 31 heavy (non-hydrogen) atoms. The molecule has 2 aromatic carbocycles. The zero-order valence-corrected chi connectivity index (χ0v) is 16.8. The number of carbonyl (C=O) groups excluding carboxylic acids is 2. The number of hydrogen-bond donors (Lipinski definition) is 1. The molecule has 0 radical (unpaired) electrons. The second kappa shape index (κ2) is 9.08. The normalized spacial score (nSPS) is 10.6. The quantitative estimate of drug-likeness (QED) is 0.495. The minimum atomic E-state index is -0.426. The minimum Gasteiger partial charge on any atom is -0.495 e. The molecule has 0 aliphatic rings. The summed E-state index contributed by atoms with van der Waals surface area (Å²) in [4.78, 5) is 36.0. The van der Waals surface area contributed by atoms with Crippen LogP contribution in [-0.4, -0.2) is 40.3 Å². The van der Waals surface area contributed by atoms with Gasteiger partial charge in [0.2, 0.25) is 5.91 Å². The maximum absolute atomic E-state index is 13.2. The lowest BCUT2D eigenvalue weighted by molar-refractivity contribution is -0.117. The van der Waals surface area contributed by atoms with Crippen molar-refractivity contribution in [3.63, 3.8) is 0 Å². The number of ether oxygens (including phenoxy) is 1. The van der Waals surface area contributed by atoms with Gasteiger partial charge in [-0.25, -0.2) is 4.98 Å². The molecule has 2 amide bonds. The highest BCUT2D eigenvalue weighted by Crippen LogP contribution is 2.23. The first-order chi connectivity index (χ1) is 15.1. The Bertz CT molecular complexity index is 1210. The van der Waals surface area contributed by atoms with Gasteiger partial charge in [-0.2, -0.15) is 0 Å². The van der Waals surface area contributed by atoms with Gasteiger partial charge in [0, 0.05) is 0 Å². The van der Waals surface area contributed by atoms with Gasteiger partial charge in [-0.15, -0.1) is 0 Å². The van der Waals surface area contributed by atoms with E-state index in [-0.39, 0.29) is 24.7 Å². The Hall–Kier alpha value is -4.20. The Morgan fingerprint density at radius 2 is 1.81 bits per heavy atom. The third-order valence-corrected chi connectivity index (χ3v) is 4.60. The number of hydrogen-bond acceptors (Lipinski definition) is 6. The zero-order chi connectivity index (χ0) is 21.6. The number of amides is 2. The zero-order valence-electron chi connectivity index (χ0n) is 16.8. The SMILES string of the molecule is COc1ccccc1NC(=O)CN(Cc1ccco1)C(=O)c1cnc2ccccc2n1. The number of nitrogens with one attached hydrogen (secondary N) is 1. The predicted molar refractivity (Wildman–Crippen MR) is 115 cm³/mol. The second-order valence-electron chi connectivity index (χ2n) is 6.73. The van der Waals surface area contributed by atoms with Crippen molar-refractivity contribution < 1.29 is 18.7 Å². The summed E-state index contributed by atoms with van der Waals surface area (Å²) in [6, 6.07) is 17.8. The second-order valence-corrected chi connectivity index (χ2v) is 6.73. The molecule has 0 spiro atoms. The van der Waals surface area contributed by atoms with Gasteiger partial charge in [-0.05, 0) is 36.4 Å². The van der Waals surface area contributed by atoms with Crippen LogP contribution in [0.4, 0.5) is 5.69 Å². The number of aromatic nitrogens is 2. The van der Waals surface area contributed by atoms with E-state index < -0.39 is 5.91 Å². The van der Waals surface area contributed by atoms with Crippen molar-refractivity contribution in [3.05, 3.63) is 84.6 Å². The Morgan fingerprint density at radius 1 is 1.03 bits per heavy atom. The third kappa shape index (κ3) is 4.69. The van der Waals surface area contributed by atoms with Crippen molar-refractivity contribution in [1.29, 1.82) is 0 Å². The van der Waals surface area contributed by atoms with Crippen LogP contribution in [0.3, 0.4) is 0 Å². The Labute approximate surface area is 178 Å². The molecule has 4 rings (SSSR count). The van der Waals surface area contributed by atoms with Gasteiger partial charge < -0.3 is 19.4 Å². The predicted octanol–water partition coefficient (Wildman–Crippen LogP) is 3.51. The first kappa shape index (κ1) is 20.1. The van der Waals surface area contributed by atoms with Gasteiger partial charge in [0.25, 0.3) is 5.91 Å². The number of fused-ring (bicyclic) bond motifs is 1. The van der Waals surface area contributed by atoms with Crippen LogP contribution < -0.4 is 10.1 Å². The Morgan fingerprint density at radius 3 is 2.58 bits per heavy atom. The molecule has 4 aromatic rings. The van der Waals surface area contributed by atoms with Gasteiger partial charge in [-0.1, -0.05) is 24.3 Å². The molecule has 0 saturated heterocycles. The fraction of sp³-hybridized carbons (Fsp3) is 0.130. The van der Waals surface area contributed by atoms with Crippen molar-refractivity contribution >= 4 is 28.5 Å². The maximum Gasteiger partial charge on any atom is 0.274 e. The van der Waals surface area contributed by atoms with Gasteiger partial charge in [0.05, 0.1) is 42.8 Å². The van der Waals surface area contributed by atoms with Crippen LogP contribution in [0.15, 0.2) is 77.5 Å². The molecule has 0 aliphatic carbocycles. The average molecular weight is 416 g/mol. The van der Waals surface area contributed by atoms with Crippen molar-refractivity contribution in [3.8, 4) is 5.75 Å². The lowest BCUT2D eigenvalue weighted by Crippen LogP contribution is -2.38. The molecular formula is C23H20N4O4. The van der Waals surface area contributed by atoms with Gasteiger partial charge in [0.15, 0.2) is 0 Å². The molecule has 0 fully saturated rings. The molecule has 2 heterocycles. The lowest BCUT2D eigenvalue weighted by Gasteiger charge is -2.21. The third-order valence-electron chi connectivity index (χ3n) is 4.60. The van der Waals surface area contributed by atoms with E-state index >= 15 is 0 Å². The highest BCUT2D eigenvalue weighted by molar-refractivity contribution is 5.99. The molecule has 0 aliphatic heterocycles. The summed E-state index contributed by atoms with van der Waals surface area (Å²) in [5.74, 6) is 0.273. The molecular weight excluding hydrogens is 396 g/mol.